The predicted octanol–water partition coefficient (Wildman–Crippen LogP) is 3.18. The Morgan fingerprint density at radius 3 is 2.12 bits per heavy atom. The topological polar surface area (TPSA) is 54.5 Å². The molecule has 1 saturated heterocycles. The summed E-state index contributed by atoms with van der Waals surface area (Å²) in [5.74, 6) is 2.99. The van der Waals surface area contributed by atoms with E-state index in [-0.39, 0.29) is 28.9 Å². The first kappa shape index (κ1) is 17.6. The van der Waals surface area contributed by atoms with E-state index in [2.05, 4.69) is 6.92 Å². The summed E-state index contributed by atoms with van der Waals surface area (Å²) in [5, 5.41) is 0. The summed E-state index contributed by atoms with van der Waals surface area (Å²) in [4.78, 5) is 14.7. The number of carbonyl (C=O) groups excluding carboxylic acids is 1. The van der Waals surface area contributed by atoms with Crippen LogP contribution in [0.2, 0.25) is 0 Å². The van der Waals surface area contributed by atoms with Crippen molar-refractivity contribution in [1.29, 1.82) is 0 Å². The second kappa shape index (κ2) is 6.11. The minimum Gasteiger partial charge on any atom is -0.335 e. The molecule has 5 aliphatic rings. The predicted molar refractivity (Wildman–Crippen MR) is 98.8 cm³/mol. The molecular weight excluding hydrogens is 334 g/mol. The Bertz CT molecular complexity index is 658. The van der Waals surface area contributed by atoms with Gasteiger partial charge >= 0.3 is 0 Å². The van der Waals surface area contributed by atoms with Gasteiger partial charge in [0.15, 0.2) is 9.84 Å². The van der Waals surface area contributed by atoms with Gasteiger partial charge in [-0.25, -0.2) is 8.42 Å². The van der Waals surface area contributed by atoms with Crippen molar-refractivity contribution in [3.63, 3.8) is 0 Å². The lowest BCUT2D eigenvalue weighted by Gasteiger charge is -2.57. The van der Waals surface area contributed by atoms with Crippen molar-refractivity contribution in [2.75, 3.05) is 18.1 Å². The molecule has 4 saturated carbocycles. The molecule has 4 bridgehead atoms. The molecule has 0 N–H and O–H groups in total. The summed E-state index contributed by atoms with van der Waals surface area (Å²) < 4.78 is 23.6. The van der Waals surface area contributed by atoms with Gasteiger partial charge in [0.2, 0.25) is 5.91 Å². The summed E-state index contributed by atoms with van der Waals surface area (Å²) >= 11 is 0. The molecule has 0 radical (unpaired) electrons. The molecule has 0 aromatic carbocycles. The van der Waals surface area contributed by atoms with Crippen molar-refractivity contribution >= 4 is 15.7 Å². The fraction of sp³-hybridized carbons (Fsp3) is 0.850. The molecular formula is C20H31NO3S. The molecule has 0 unspecified atom stereocenters. The molecule has 1 amide bonds. The van der Waals surface area contributed by atoms with Crippen molar-refractivity contribution in [2.45, 2.75) is 64.8 Å². The third-order valence-electron chi connectivity index (χ3n) is 7.49. The first-order valence-corrected chi connectivity index (χ1v) is 11.8. The maximum Gasteiger partial charge on any atom is 0.246 e. The smallest absolute Gasteiger partial charge is 0.246 e. The summed E-state index contributed by atoms with van der Waals surface area (Å²) in [6.45, 7) is 4.70. The highest BCUT2D eigenvalue weighted by atomic mass is 32.2. The first-order valence-electron chi connectivity index (χ1n) is 10.00. The van der Waals surface area contributed by atoms with E-state index in [0.29, 0.717) is 13.0 Å². The molecule has 4 aliphatic carbocycles. The molecule has 1 heterocycles. The molecule has 4 nitrogen and oxygen atoms in total. The zero-order chi connectivity index (χ0) is 17.8. The molecule has 5 fully saturated rings. The van der Waals surface area contributed by atoms with E-state index >= 15 is 0 Å². The van der Waals surface area contributed by atoms with Gasteiger partial charge < -0.3 is 4.90 Å². The molecule has 0 aromatic heterocycles. The Hall–Kier alpha value is -0.840. The van der Waals surface area contributed by atoms with E-state index in [0.717, 1.165) is 17.8 Å². The van der Waals surface area contributed by atoms with Crippen LogP contribution in [0.4, 0.5) is 0 Å². The minimum atomic E-state index is -2.96. The van der Waals surface area contributed by atoms with Gasteiger partial charge in [0.05, 0.1) is 11.5 Å². The van der Waals surface area contributed by atoms with Crippen LogP contribution in [-0.4, -0.2) is 43.3 Å². The fourth-order valence-corrected chi connectivity index (χ4v) is 8.36. The van der Waals surface area contributed by atoms with Crippen LogP contribution in [-0.2, 0) is 14.6 Å². The van der Waals surface area contributed by atoms with Gasteiger partial charge in [0.25, 0.3) is 0 Å². The number of likely N-dealkylation sites (N-methyl/N-ethyl adjacent to an activating group) is 1. The lowest BCUT2D eigenvalue weighted by atomic mass is 9.48. The van der Waals surface area contributed by atoms with Crippen LogP contribution in [0.1, 0.15) is 58.8 Å². The van der Waals surface area contributed by atoms with Crippen molar-refractivity contribution in [3.8, 4) is 0 Å². The zero-order valence-electron chi connectivity index (χ0n) is 15.5. The monoisotopic (exact) mass is 365 g/mol. The second-order valence-electron chi connectivity index (χ2n) is 9.21. The van der Waals surface area contributed by atoms with Crippen LogP contribution >= 0.6 is 0 Å². The summed E-state index contributed by atoms with van der Waals surface area (Å²) in [5.41, 5.74) is 1.52. The maximum absolute atomic E-state index is 12.9. The van der Waals surface area contributed by atoms with Gasteiger partial charge in [-0.1, -0.05) is 5.57 Å². The Labute approximate surface area is 152 Å². The lowest BCUT2D eigenvalue weighted by Crippen LogP contribution is -2.47. The third kappa shape index (κ3) is 3.17. The average molecular weight is 366 g/mol. The fourth-order valence-electron chi connectivity index (χ4n) is 6.63. The van der Waals surface area contributed by atoms with Crippen LogP contribution in [0.3, 0.4) is 0 Å². The van der Waals surface area contributed by atoms with Crippen LogP contribution in [0.25, 0.3) is 0 Å². The van der Waals surface area contributed by atoms with Gasteiger partial charge in [0, 0.05) is 18.7 Å². The highest BCUT2D eigenvalue weighted by molar-refractivity contribution is 7.91. The summed E-state index contributed by atoms with van der Waals surface area (Å²) in [6, 6.07) is -0.136. The van der Waals surface area contributed by atoms with Crippen LogP contribution in [0.15, 0.2) is 11.6 Å². The average Bonchev–Trinajstić information content (AvgIpc) is 2.86. The van der Waals surface area contributed by atoms with Crippen molar-refractivity contribution in [1.82, 2.24) is 4.90 Å². The Morgan fingerprint density at radius 2 is 1.68 bits per heavy atom. The Balaban J connectivity index is 1.52. The largest absolute Gasteiger partial charge is 0.335 e. The minimum absolute atomic E-state index is 0.0258. The van der Waals surface area contributed by atoms with E-state index in [9.17, 15) is 13.2 Å². The molecule has 0 aromatic rings. The van der Waals surface area contributed by atoms with Crippen LogP contribution in [0.5, 0.6) is 0 Å². The highest BCUT2D eigenvalue weighted by Crippen LogP contribution is 2.62. The van der Waals surface area contributed by atoms with Gasteiger partial charge in [-0.15, -0.1) is 0 Å². The number of amides is 1. The van der Waals surface area contributed by atoms with E-state index < -0.39 is 9.84 Å². The van der Waals surface area contributed by atoms with Gasteiger partial charge in [-0.2, -0.15) is 0 Å². The van der Waals surface area contributed by atoms with E-state index in [1.807, 2.05) is 13.0 Å². The molecule has 25 heavy (non-hydrogen) atoms. The zero-order valence-corrected chi connectivity index (χ0v) is 16.4. The summed E-state index contributed by atoms with van der Waals surface area (Å²) in [7, 11) is -2.96. The standard InChI is InChI=1S/C20H31NO3S/c1-3-21(18-4-5-25(23,24)13-18)19(22)6-14(2)20-10-15-7-16(11-20)9-17(8-15)12-20/h6,15-18H,3-5,7-13H2,1-2H3/b14-6+/t15?,16?,17?,18-,20?/m1/s1. The Morgan fingerprint density at radius 1 is 1.12 bits per heavy atom. The number of nitrogens with zero attached hydrogens (tertiary/aromatic N) is 1. The lowest BCUT2D eigenvalue weighted by molar-refractivity contribution is -0.127. The van der Waals surface area contributed by atoms with E-state index in [4.69, 9.17) is 0 Å². The molecule has 5 heteroatoms. The quantitative estimate of drug-likeness (QED) is 0.719. The molecule has 5 rings (SSSR count). The number of hydrogen-bond acceptors (Lipinski definition) is 3. The van der Waals surface area contributed by atoms with E-state index in [1.54, 1.807) is 4.90 Å². The highest BCUT2D eigenvalue weighted by Gasteiger charge is 2.51. The maximum atomic E-state index is 12.9. The van der Waals surface area contributed by atoms with Crippen LogP contribution in [0, 0.1) is 23.2 Å². The Kier molecular flexibility index (Phi) is 4.29. The number of hydrogen-bond donors (Lipinski definition) is 0. The SMILES string of the molecule is CCN(C(=O)/C=C(\C)C12CC3CC(CC(C3)C1)C2)[C@@H]1CCS(=O)(=O)C1. The van der Waals surface area contributed by atoms with Crippen molar-refractivity contribution in [3.05, 3.63) is 11.6 Å². The number of sulfone groups is 1. The molecule has 0 spiro atoms. The van der Waals surface area contributed by atoms with Gasteiger partial charge in [-0.3, -0.25) is 4.79 Å². The van der Waals surface area contributed by atoms with Crippen LogP contribution < -0.4 is 0 Å². The third-order valence-corrected chi connectivity index (χ3v) is 9.24. The van der Waals surface area contributed by atoms with Gasteiger partial charge in [0.1, 0.15) is 0 Å². The van der Waals surface area contributed by atoms with Gasteiger partial charge in [-0.05, 0) is 82.0 Å². The molecule has 1 aliphatic heterocycles. The summed E-state index contributed by atoms with van der Waals surface area (Å²) in [6.07, 6.45) is 10.5. The van der Waals surface area contributed by atoms with Crippen molar-refractivity contribution in [2.24, 2.45) is 23.2 Å². The van der Waals surface area contributed by atoms with E-state index in [1.165, 1.54) is 44.1 Å². The second-order valence-corrected chi connectivity index (χ2v) is 11.4. The van der Waals surface area contributed by atoms with Crippen molar-refractivity contribution < 1.29 is 13.2 Å². The number of allylic oxidation sites excluding steroid dienone is 1. The number of rotatable bonds is 4. The molecule has 140 valence electrons. The normalized spacial score (nSPS) is 41.9. The first-order chi connectivity index (χ1) is 11.8. The number of carbonyl (C=O) groups is 1. The molecule has 1 atom stereocenters.